The van der Waals surface area contributed by atoms with E-state index in [9.17, 15) is 9.90 Å². The monoisotopic (exact) mass is 248 g/mol. The first-order chi connectivity index (χ1) is 8.77. The normalized spacial score (nSPS) is 16.4. The first-order valence-electron chi connectivity index (χ1n) is 6.72. The van der Waals surface area contributed by atoms with Crippen LogP contribution in [0.4, 0.5) is 0 Å². The fraction of sp³-hybridized carbons (Fsp3) is 0.533. The zero-order valence-electron chi connectivity index (χ0n) is 10.6. The predicted octanol–water partition coefficient (Wildman–Crippen LogP) is 3.52. The summed E-state index contributed by atoms with van der Waals surface area (Å²) in [5.41, 5.74) is 0.251. The molecule has 0 aromatic heterocycles. The number of carbonyl (C=O) groups excluding carboxylic acids is 1. The van der Waals surface area contributed by atoms with Crippen LogP contribution in [0.1, 0.15) is 48.9 Å². The molecule has 0 radical (unpaired) electrons. The summed E-state index contributed by atoms with van der Waals surface area (Å²) in [5, 5.41) is 9.53. The summed E-state index contributed by atoms with van der Waals surface area (Å²) in [7, 11) is 0. The molecule has 1 N–H and O–H groups in total. The second kappa shape index (κ2) is 6.43. The summed E-state index contributed by atoms with van der Waals surface area (Å²) >= 11 is 0. The Bertz CT molecular complexity index is 394. The van der Waals surface area contributed by atoms with E-state index in [1.807, 2.05) is 0 Å². The molecule has 1 aromatic carbocycles. The van der Waals surface area contributed by atoms with Crippen molar-refractivity contribution in [2.45, 2.75) is 38.5 Å². The maximum Gasteiger partial charge on any atom is 0.341 e. The van der Waals surface area contributed by atoms with Crippen molar-refractivity contribution in [3.8, 4) is 5.75 Å². The molecule has 18 heavy (non-hydrogen) atoms. The Labute approximate surface area is 108 Å². The molecule has 0 bridgehead atoms. The van der Waals surface area contributed by atoms with Gasteiger partial charge in [0.15, 0.2) is 0 Å². The van der Waals surface area contributed by atoms with Crippen molar-refractivity contribution >= 4 is 5.97 Å². The zero-order chi connectivity index (χ0) is 12.8. The third-order valence-electron chi connectivity index (χ3n) is 3.61. The number of phenols is 1. The Morgan fingerprint density at radius 1 is 1.22 bits per heavy atom. The van der Waals surface area contributed by atoms with Crippen molar-refractivity contribution in [3.05, 3.63) is 29.8 Å². The lowest BCUT2D eigenvalue weighted by molar-refractivity contribution is 0.0471. The fourth-order valence-electron chi connectivity index (χ4n) is 2.52. The molecule has 1 aromatic rings. The molecule has 98 valence electrons. The molecule has 0 saturated heterocycles. The minimum absolute atomic E-state index is 0.0137. The summed E-state index contributed by atoms with van der Waals surface area (Å²) in [6.45, 7) is 0.456. The summed E-state index contributed by atoms with van der Waals surface area (Å²) in [5.74, 6) is 0.264. The molecule has 0 amide bonds. The van der Waals surface area contributed by atoms with Gasteiger partial charge in [0.1, 0.15) is 11.3 Å². The molecular formula is C15H20O3. The molecule has 3 nitrogen and oxygen atoms in total. The molecule has 0 unspecified atom stereocenters. The number of phenolic OH excluding ortho intramolecular Hbond substituents is 1. The lowest BCUT2D eigenvalue weighted by Crippen LogP contribution is -2.12. The van der Waals surface area contributed by atoms with Crippen LogP contribution in [0.15, 0.2) is 24.3 Å². The van der Waals surface area contributed by atoms with Gasteiger partial charge in [0.25, 0.3) is 0 Å². The molecule has 1 aliphatic carbocycles. The van der Waals surface area contributed by atoms with Crippen LogP contribution in [0.25, 0.3) is 0 Å². The number of ether oxygens (including phenoxy) is 1. The van der Waals surface area contributed by atoms with Crippen molar-refractivity contribution in [3.63, 3.8) is 0 Å². The lowest BCUT2D eigenvalue weighted by Gasteiger charge is -2.21. The largest absolute Gasteiger partial charge is 0.507 e. The Kier molecular flexibility index (Phi) is 4.62. The maximum absolute atomic E-state index is 11.7. The molecule has 0 spiro atoms. The van der Waals surface area contributed by atoms with E-state index < -0.39 is 5.97 Å². The van der Waals surface area contributed by atoms with Crippen LogP contribution in [0.2, 0.25) is 0 Å². The number of esters is 1. The van der Waals surface area contributed by atoms with E-state index in [0.29, 0.717) is 12.5 Å². The smallest absolute Gasteiger partial charge is 0.341 e. The van der Waals surface area contributed by atoms with E-state index >= 15 is 0 Å². The van der Waals surface area contributed by atoms with Crippen molar-refractivity contribution in [2.75, 3.05) is 6.61 Å². The lowest BCUT2D eigenvalue weighted by atomic mass is 9.87. The molecule has 1 aliphatic rings. The van der Waals surface area contributed by atoms with E-state index in [4.69, 9.17) is 4.74 Å². The second-order valence-corrected chi connectivity index (χ2v) is 4.95. The van der Waals surface area contributed by atoms with Crippen molar-refractivity contribution < 1.29 is 14.6 Å². The van der Waals surface area contributed by atoms with Gasteiger partial charge >= 0.3 is 5.97 Å². The van der Waals surface area contributed by atoms with Gasteiger partial charge in [-0.15, -0.1) is 0 Å². The van der Waals surface area contributed by atoms with Crippen molar-refractivity contribution in [2.24, 2.45) is 5.92 Å². The zero-order valence-corrected chi connectivity index (χ0v) is 10.6. The highest BCUT2D eigenvalue weighted by Gasteiger charge is 2.15. The van der Waals surface area contributed by atoms with Gasteiger partial charge in [-0.05, 0) is 24.5 Å². The molecule has 2 rings (SSSR count). The number of benzene rings is 1. The molecule has 0 atom stereocenters. The van der Waals surface area contributed by atoms with Gasteiger partial charge in [-0.1, -0.05) is 44.2 Å². The van der Waals surface area contributed by atoms with Crippen LogP contribution in [0, 0.1) is 5.92 Å². The molecular weight excluding hydrogens is 228 g/mol. The average Bonchev–Trinajstić information content (AvgIpc) is 2.40. The van der Waals surface area contributed by atoms with E-state index in [2.05, 4.69) is 0 Å². The Balaban J connectivity index is 1.76. The number of aromatic hydroxyl groups is 1. The highest BCUT2D eigenvalue weighted by molar-refractivity contribution is 5.92. The van der Waals surface area contributed by atoms with Gasteiger partial charge in [0.2, 0.25) is 0 Å². The Morgan fingerprint density at radius 3 is 2.67 bits per heavy atom. The standard InChI is InChI=1S/C15H20O3/c16-14-9-5-4-8-13(14)15(17)18-11-10-12-6-2-1-3-7-12/h4-5,8-9,12,16H,1-3,6-7,10-11H2. The Hall–Kier alpha value is -1.51. The third kappa shape index (κ3) is 3.49. The minimum atomic E-state index is -0.427. The number of hydrogen-bond donors (Lipinski definition) is 1. The minimum Gasteiger partial charge on any atom is -0.507 e. The van der Waals surface area contributed by atoms with Crippen LogP contribution in [0.3, 0.4) is 0 Å². The number of carbonyl (C=O) groups is 1. The summed E-state index contributed by atoms with van der Waals surface area (Å²) < 4.78 is 5.21. The summed E-state index contributed by atoms with van der Waals surface area (Å²) in [6, 6.07) is 6.49. The van der Waals surface area contributed by atoms with Gasteiger partial charge in [-0.2, -0.15) is 0 Å². The van der Waals surface area contributed by atoms with Crippen LogP contribution < -0.4 is 0 Å². The fourth-order valence-corrected chi connectivity index (χ4v) is 2.52. The third-order valence-corrected chi connectivity index (χ3v) is 3.61. The average molecular weight is 248 g/mol. The second-order valence-electron chi connectivity index (χ2n) is 4.95. The highest BCUT2D eigenvalue weighted by atomic mass is 16.5. The van der Waals surface area contributed by atoms with E-state index in [1.165, 1.54) is 38.2 Å². The van der Waals surface area contributed by atoms with Gasteiger partial charge < -0.3 is 9.84 Å². The summed E-state index contributed by atoms with van der Waals surface area (Å²) in [6.07, 6.45) is 7.41. The van der Waals surface area contributed by atoms with Gasteiger partial charge in [-0.3, -0.25) is 0 Å². The summed E-state index contributed by atoms with van der Waals surface area (Å²) in [4.78, 5) is 11.7. The van der Waals surface area contributed by atoms with E-state index in [-0.39, 0.29) is 11.3 Å². The molecule has 1 saturated carbocycles. The SMILES string of the molecule is O=C(OCCC1CCCCC1)c1ccccc1O. The molecule has 0 aliphatic heterocycles. The molecule has 3 heteroatoms. The first-order valence-corrected chi connectivity index (χ1v) is 6.72. The van der Waals surface area contributed by atoms with E-state index in [1.54, 1.807) is 18.2 Å². The van der Waals surface area contributed by atoms with Crippen LogP contribution in [-0.2, 0) is 4.74 Å². The highest BCUT2D eigenvalue weighted by Crippen LogP contribution is 2.26. The van der Waals surface area contributed by atoms with Crippen molar-refractivity contribution in [1.82, 2.24) is 0 Å². The number of hydrogen-bond acceptors (Lipinski definition) is 3. The van der Waals surface area contributed by atoms with Crippen LogP contribution in [-0.4, -0.2) is 17.7 Å². The number of rotatable bonds is 4. The van der Waals surface area contributed by atoms with Gasteiger partial charge in [0.05, 0.1) is 6.61 Å². The van der Waals surface area contributed by atoms with Crippen LogP contribution >= 0.6 is 0 Å². The quantitative estimate of drug-likeness (QED) is 0.829. The van der Waals surface area contributed by atoms with Crippen molar-refractivity contribution in [1.29, 1.82) is 0 Å². The molecule has 1 fully saturated rings. The Morgan fingerprint density at radius 2 is 1.94 bits per heavy atom. The maximum atomic E-state index is 11.7. The van der Waals surface area contributed by atoms with Gasteiger partial charge in [0, 0.05) is 0 Å². The topological polar surface area (TPSA) is 46.5 Å². The molecule has 0 heterocycles. The van der Waals surface area contributed by atoms with Crippen LogP contribution in [0.5, 0.6) is 5.75 Å². The number of para-hydroxylation sites is 1. The van der Waals surface area contributed by atoms with E-state index in [0.717, 1.165) is 6.42 Å². The first kappa shape index (κ1) is 12.9. The predicted molar refractivity (Wildman–Crippen MR) is 69.6 cm³/mol. The van der Waals surface area contributed by atoms with Gasteiger partial charge in [-0.25, -0.2) is 4.79 Å².